The van der Waals surface area contributed by atoms with Gasteiger partial charge in [0.15, 0.2) is 17.2 Å². The Labute approximate surface area is 158 Å². The molecular formula is C21H29FO5. The van der Waals surface area contributed by atoms with Crippen molar-refractivity contribution in [1.82, 2.24) is 0 Å². The molecule has 0 aromatic heterocycles. The molecule has 4 aliphatic carbocycles. The van der Waals surface area contributed by atoms with Gasteiger partial charge in [0.05, 0.1) is 6.10 Å². The van der Waals surface area contributed by atoms with Crippen LogP contribution in [-0.2, 0) is 9.59 Å². The van der Waals surface area contributed by atoms with Gasteiger partial charge in [-0.25, -0.2) is 4.39 Å². The van der Waals surface area contributed by atoms with E-state index in [-0.39, 0.29) is 41.8 Å². The van der Waals surface area contributed by atoms with Crippen LogP contribution in [0.1, 0.15) is 52.4 Å². The number of Topliss-reactive ketones (excluding diaryl/α,β-unsaturated/α-hetero) is 1. The smallest absolute Gasteiger partial charge is 0.193 e. The zero-order chi connectivity index (χ0) is 19.8. The molecule has 27 heavy (non-hydrogen) atoms. The largest absolute Gasteiger partial charge is 0.393 e. The summed E-state index contributed by atoms with van der Waals surface area (Å²) in [5.74, 6) is -1.13. The average molecular weight is 380 g/mol. The van der Waals surface area contributed by atoms with Gasteiger partial charge in [-0.05, 0) is 61.3 Å². The van der Waals surface area contributed by atoms with Crippen LogP contribution in [0.3, 0.4) is 0 Å². The Morgan fingerprint density at radius 3 is 2.70 bits per heavy atom. The van der Waals surface area contributed by atoms with Crippen molar-refractivity contribution in [2.24, 2.45) is 28.6 Å². The van der Waals surface area contributed by atoms with E-state index in [2.05, 4.69) is 6.92 Å². The van der Waals surface area contributed by atoms with Crippen LogP contribution in [0.2, 0.25) is 0 Å². The summed E-state index contributed by atoms with van der Waals surface area (Å²) in [6, 6.07) is 0. The topological polar surface area (TPSA) is 94.8 Å². The van der Waals surface area contributed by atoms with Gasteiger partial charge < -0.3 is 15.3 Å². The first-order chi connectivity index (χ1) is 12.6. The molecule has 4 aliphatic rings. The molecule has 3 saturated carbocycles. The molecule has 8 atom stereocenters. The van der Waals surface area contributed by atoms with E-state index in [0.717, 1.165) is 12.0 Å². The van der Waals surface area contributed by atoms with Gasteiger partial charge in [0.25, 0.3) is 0 Å². The Morgan fingerprint density at radius 2 is 2.04 bits per heavy atom. The number of aliphatic hydroxyl groups is 3. The molecular weight excluding hydrogens is 351 g/mol. The predicted molar refractivity (Wildman–Crippen MR) is 95.4 cm³/mol. The Balaban J connectivity index is 1.77. The maximum atomic E-state index is 15.0. The van der Waals surface area contributed by atoms with Crippen LogP contribution in [-0.4, -0.2) is 51.4 Å². The fourth-order valence-electron chi connectivity index (χ4n) is 7.27. The van der Waals surface area contributed by atoms with Crippen molar-refractivity contribution in [2.75, 3.05) is 6.61 Å². The summed E-state index contributed by atoms with van der Waals surface area (Å²) in [5.41, 5.74) is -2.57. The van der Waals surface area contributed by atoms with Crippen molar-refractivity contribution < 1.29 is 29.3 Å². The molecule has 0 aromatic carbocycles. The number of ketones is 2. The fourth-order valence-corrected chi connectivity index (χ4v) is 7.27. The van der Waals surface area contributed by atoms with E-state index in [1.165, 1.54) is 0 Å². The van der Waals surface area contributed by atoms with Crippen molar-refractivity contribution >= 4 is 11.6 Å². The Morgan fingerprint density at radius 1 is 1.33 bits per heavy atom. The second kappa shape index (κ2) is 5.94. The lowest BCUT2D eigenvalue weighted by molar-refractivity contribution is -0.188. The SMILES string of the molecule is C[C@]12CCC(=O)C=C1CC[C@@H]1[C@@H]2[C@@H](O)C[C@@]2(C)[C@H]1C[C@@H](F)[C@]2(O)C(=O)CO. The standard InChI is InChI=1S/C21H29FO5/c1-19-6-5-12(24)7-11(19)3-4-13-14-8-16(22)21(27,17(26)10-23)20(14,2)9-15(25)18(13)19/h7,13-16,18,23,25,27H,3-6,8-10H2,1-2H3/t13-,14-,15-,16+,18+,19-,20-,21-/m0/s1. The molecule has 0 aliphatic heterocycles. The molecule has 6 heteroatoms. The van der Waals surface area contributed by atoms with Gasteiger partial charge in [0, 0.05) is 11.8 Å². The van der Waals surface area contributed by atoms with Gasteiger partial charge in [-0.1, -0.05) is 19.4 Å². The van der Waals surface area contributed by atoms with Gasteiger partial charge in [0.2, 0.25) is 0 Å². The number of hydrogen-bond donors (Lipinski definition) is 3. The molecule has 0 bridgehead atoms. The van der Waals surface area contributed by atoms with Crippen LogP contribution in [0.5, 0.6) is 0 Å². The maximum absolute atomic E-state index is 15.0. The molecule has 4 rings (SSSR count). The van der Waals surface area contributed by atoms with Crippen LogP contribution >= 0.6 is 0 Å². The monoisotopic (exact) mass is 380 g/mol. The van der Waals surface area contributed by atoms with Gasteiger partial charge in [0.1, 0.15) is 12.8 Å². The van der Waals surface area contributed by atoms with Crippen LogP contribution in [0.4, 0.5) is 4.39 Å². The summed E-state index contributed by atoms with van der Waals surface area (Å²) in [7, 11) is 0. The lowest BCUT2D eigenvalue weighted by Crippen LogP contribution is -2.63. The number of rotatable bonds is 2. The second-order valence-corrected chi connectivity index (χ2v) is 9.63. The van der Waals surface area contributed by atoms with Crippen LogP contribution < -0.4 is 0 Å². The highest BCUT2D eigenvalue weighted by Gasteiger charge is 2.72. The van der Waals surface area contributed by atoms with Crippen molar-refractivity contribution in [3.05, 3.63) is 11.6 Å². The third kappa shape index (κ3) is 2.26. The zero-order valence-corrected chi connectivity index (χ0v) is 15.9. The van der Waals surface area contributed by atoms with E-state index in [4.69, 9.17) is 0 Å². The summed E-state index contributed by atoms with van der Waals surface area (Å²) in [6.45, 7) is 2.89. The molecule has 0 heterocycles. The molecule has 5 nitrogen and oxygen atoms in total. The Kier molecular flexibility index (Phi) is 4.23. The zero-order valence-electron chi connectivity index (χ0n) is 15.9. The molecule has 3 fully saturated rings. The third-order valence-corrected chi connectivity index (χ3v) is 8.64. The van der Waals surface area contributed by atoms with Crippen LogP contribution in [0.25, 0.3) is 0 Å². The highest BCUT2D eigenvalue weighted by atomic mass is 19.1. The minimum atomic E-state index is -2.25. The van der Waals surface area contributed by atoms with E-state index in [1.807, 2.05) is 0 Å². The van der Waals surface area contributed by atoms with Gasteiger partial charge in [-0.3, -0.25) is 9.59 Å². The molecule has 150 valence electrons. The fraction of sp³-hybridized carbons (Fsp3) is 0.810. The number of hydrogen-bond acceptors (Lipinski definition) is 5. The van der Waals surface area contributed by atoms with Crippen molar-refractivity contribution in [2.45, 2.75) is 70.2 Å². The van der Waals surface area contributed by atoms with Crippen LogP contribution in [0, 0.1) is 28.6 Å². The molecule has 0 spiro atoms. The molecule has 0 saturated heterocycles. The highest BCUT2D eigenvalue weighted by molar-refractivity contribution is 5.92. The van der Waals surface area contributed by atoms with Crippen LogP contribution in [0.15, 0.2) is 11.6 Å². The second-order valence-electron chi connectivity index (χ2n) is 9.63. The summed E-state index contributed by atoms with van der Waals surface area (Å²) in [5, 5.41) is 31.5. The van der Waals surface area contributed by atoms with Gasteiger partial charge in [-0.2, -0.15) is 0 Å². The average Bonchev–Trinajstić information content (AvgIpc) is 2.82. The molecule has 0 amide bonds. The molecule has 3 N–H and O–H groups in total. The first-order valence-corrected chi connectivity index (χ1v) is 10.0. The predicted octanol–water partition coefficient (Wildman–Crippen LogP) is 1.73. The number of carbonyl (C=O) groups excluding carboxylic acids is 2. The first kappa shape index (κ1) is 19.2. The molecule has 0 aromatic rings. The van der Waals surface area contributed by atoms with Crippen molar-refractivity contribution in [1.29, 1.82) is 0 Å². The van der Waals surface area contributed by atoms with E-state index >= 15 is 4.39 Å². The quantitative estimate of drug-likeness (QED) is 0.678. The summed E-state index contributed by atoms with van der Waals surface area (Å²) in [4.78, 5) is 24.2. The Hall–Kier alpha value is -1.11. The van der Waals surface area contributed by atoms with E-state index in [0.29, 0.717) is 19.3 Å². The molecule has 0 unspecified atom stereocenters. The summed E-state index contributed by atoms with van der Waals surface area (Å²) < 4.78 is 15.0. The lowest BCUT2D eigenvalue weighted by Gasteiger charge is -2.60. The van der Waals surface area contributed by atoms with Gasteiger partial charge >= 0.3 is 0 Å². The van der Waals surface area contributed by atoms with Crippen molar-refractivity contribution in [3.63, 3.8) is 0 Å². The van der Waals surface area contributed by atoms with E-state index < -0.39 is 35.7 Å². The number of alkyl halides is 1. The number of allylic oxidation sites excluding steroid dienone is 1. The van der Waals surface area contributed by atoms with E-state index in [9.17, 15) is 24.9 Å². The highest BCUT2D eigenvalue weighted by Crippen LogP contribution is 2.68. The maximum Gasteiger partial charge on any atom is 0.193 e. The minimum Gasteiger partial charge on any atom is -0.393 e. The number of halogens is 1. The normalized spacial score (nSPS) is 51.9. The number of fused-ring (bicyclic) bond motifs is 5. The number of carbonyl (C=O) groups is 2. The van der Waals surface area contributed by atoms with E-state index in [1.54, 1.807) is 13.0 Å². The first-order valence-electron chi connectivity index (χ1n) is 10.0. The number of aliphatic hydroxyl groups excluding tert-OH is 2. The van der Waals surface area contributed by atoms with Crippen molar-refractivity contribution in [3.8, 4) is 0 Å². The molecule has 0 radical (unpaired) electrons. The Bertz CT molecular complexity index is 719. The minimum absolute atomic E-state index is 0.0205. The summed E-state index contributed by atoms with van der Waals surface area (Å²) in [6.07, 6.45) is 1.97. The lowest BCUT2D eigenvalue weighted by atomic mass is 9.45. The summed E-state index contributed by atoms with van der Waals surface area (Å²) >= 11 is 0. The van der Waals surface area contributed by atoms with Gasteiger partial charge in [-0.15, -0.1) is 0 Å². The third-order valence-electron chi connectivity index (χ3n) is 8.64.